The van der Waals surface area contributed by atoms with E-state index in [-0.39, 0.29) is 5.54 Å². The summed E-state index contributed by atoms with van der Waals surface area (Å²) in [5, 5.41) is 12.4. The van der Waals surface area contributed by atoms with Gasteiger partial charge < -0.3 is 10.4 Å². The van der Waals surface area contributed by atoms with Crippen molar-refractivity contribution in [2.75, 3.05) is 13.2 Å². The summed E-state index contributed by atoms with van der Waals surface area (Å²) in [6.45, 7) is 1.36. The highest BCUT2D eigenvalue weighted by atomic mass is 79.9. The number of nitrogens with one attached hydrogen (secondary N) is 1. The van der Waals surface area contributed by atoms with E-state index in [4.69, 9.17) is 5.11 Å². The molecule has 3 heteroatoms. The van der Waals surface area contributed by atoms with Crippen molar-refractivity contribution in [2.45, 2.75) is 37.6 Å². The summed E-state index contributed by atoms with van der Waals surface area (Å²) in [7, 11) is 0. The molecule has 2 rings (SSSR count). The van der Waals surface area contributed by atoms with Gasteiger partial charge in [-0.25, -0.2) is 0 Å². The summed E-state index contributed by atoms with van der Waals surface area (Å²) in [6, 6.07) is 8.60. The number of hydrogen-bond acceptors (Lipinski definition) is 2. The molecule has 1 aliphatic rings. The first kappa shape index (κ1) is 13.1. The Kier molecular flexibility index (Phi) is 4.60. The maximum absolute atomic E-state index is 8.72. The molecule has 2 nitrogen and oxygen atoms in total. The van der Waals surface area contributed by atoms with Gasteiger partial charge in [0.05, 0.1) is 0 Å². The Bertz CT molecular complexity index is 363. The lowest BCUT2D eigenvalue weighted by Gasteiger charge is -2.18. The van der Waals surface area contributed by atoms with Crippen LogP contribution in [0, 0.1) is 0 Å². The van der Waals surface area contributed by atoms with Crippen molar-refractivity contribution in [1.29, 1.82) is 0 Å². The van der Waals surface area contributed by atoms with Gasteiger partial charge >= 0.3 is 0 Å². The molecule has 94 valence electrons. The van der Waals surface area contributed by atoms with Crippen LogP contribution in [0.25, 0.3) is 0 Å². The zero-order valence-electron chi connectivity index (χ0n) is 10.1. The van der Waals surface area contributed by atoms with Gasteiger partial charge in [0, 0.05) is 16.6 Å². The molecule has 1 aliphatic carbocycles. The quantitative estimate of drug-likeness (QED) is 0.758. The molecular formula is C14H20BrNO. The standard InChI is InChI=1S/C14H20BrNO/c15-13-6-4-5-12(11-13)14(7-8-14)16-9-2-1-3-10-17/h4-6,11,16-17H,1-3,7-10H2. The van der Waals surface area contributed by atoms with Crippen molar-refractivity contribution >= 4 is 15.9 Å². The maximum Gasteiger partial charge on any atom is 0.0436 e. The van der Waals surface area contributed by atoms with Crippen LogP contribution in [0.1, 0.15) is 37.7 Å². The molecule has 1 saturated carbocycles. The van der Waals surface area contributed by atoms with Crippen molar-refractivity contribution in [3.8, 4) is 0 Å². The van der Waals surface area contributed by atoms with Crippen molar-refractivity contribution in [3.05, 3.63) is 34.3 Å². The number of halogens is 1. The van der Waals surface area contributed by atoms with E-state index in [1.165, 1.54) is 18.4 Å². The topological polar surface area (TPSA) is 32.3 Å². The van der Waals surface area contributed by atoms with Crippen LogP contribution in [0.15, 0.2) is 28.7 Å². The molecule has 17 heavy (non-hydrogen) atoms. The number of aliphatic hydroxyl groups excluding tert-OH is 1. The average molecular weight is 298 g/mol. The first-order chi connectivity index (χ1) is 8.27. The van der Waals surface area contributed by atoms with Crippen molar-refractivity contribution in [3.63, 3.8) is 0 Å². The number of benzene rings is 1. The molecule has 0 amide bonds. The summed E-state index contributed by atoms with van der Waals surface area (Å²) in [5.74, 6) is 0. The molecule has 0 aromatic heterocycles. The van der Waals surface area contributed by atoms with Gasteiger partial charge in [-0.2, -0.15) is 0 Å². The highest BCUT2D eigenvalue weighted by Gasteiger charge is 2.43. The molecule has 0 unspecified atom stereocenters. The molecule has 0 saturated heterocycles. The maximum atomic E-state index is 8.72. The second kappa shape index (κ2) is 5.98. The first-order valence-corrected chi connectivity index (χ1v) is 7.18. The zero-order valence-corrected chi connectivity index (χ0v) is 11.7. The molecule has 0 spiro atoms. The Hall–Kier alpha value is -0.380. The van der Waals surface area contributed by atoms with Crippen LogP contribution < -0.4 is 5.32 Å². The monoisotopic (exact) mass is 297 g/mol. The highest BCUT2D eigenvalue weighted by molar-refractivity contribution is 9.10. The van der Waals surface area contributed by atoms with E-state index in [0.29, 0.717) is 6.61 Å². The van der Waals surface area contributed by atoms with Gasteiger partial charge in [-0.1, -0.05) is 28.1 Å². The van der Waals surface area contributed by atoms with Gasteiger partial charge in [0.15, 0.2) is 0 Å². The van der Waals surface area contributed by atoms with Crippen molar-refractivity contribution in [1.82, 2.24) is 5.32 Å². The average Bonchev–Trinajstić information content (AvgIpc) is 3.10. The lowest BCUT2D eigenvalue weighted by atomic mass is 10.0. The van der Waals surface area contributed by atoms with Gasteiger partial charge in [-0.3, -0.25) is 0 Å². The Balaban J connectivity index is 1.83. The van der Waals surface area contributed by atoms with Crippen molar-refractivity contribution < 1.29 is 5.11 Å². The lowest BCUT2D eigenvalue weighted by molar-refractivity contribution is 0.282. The summed E-state index contributed by atoms with van der Waals surface area (Å²) in [6.07, 6.45) is 5.66. The van der Waals surface area contributed by atoms with Crippen LogP contribution in [0.3, 0.4) is 0 Å². The Labute approximate surface area is 112 Å². The van der Waals surface area contributed by atoms with Crippen molar-refractivity contribution in [2.24, 2.45) is 0 Å². The van der Waals surface area contributed by atoms with E-state index in [1.807, 2.05) is 0 Å². The number of hydrogen-bond donors (Lipinski definition) is 2. The van der Waals surface area contributed by atoms with E-state index < -0.39 is 0 Å². The molecule has 1 fully saturated rings. The van der Waals surface area contributed by atoms with E-state index in [0.717, 1.165) is 30.3 Å². The molecule has 0 bridgehead atoms. The van der Waals surface area contributed by atoms with E-state index in [9.17, 15) is 0 Å². The van der Waals surface area contributed by atoms with Gasteiger partial charge in [0.1, 0.15) is 0 Å². The van der Waals surface area contributed by atoms with Crippen LogP contribution in [0.5, 0.6) is 0 Å². The molecule has 0 atom stereocenters. The van der Waals surface area contributed by atoms with Crippen LogP contribution in [-0.4, -0.2) is 18.3 Å². The predicted molar refractivity (Wildman–Crippen MR) is 74.0 cm³/mol. The molecule has 1 aromatic carbocycles. The highest BCUT2D eigenvalue weighted by Crippen LogP contribution is 2.45. The molecule has 0 heterocycles. The number of aliphatic hydroxyl groups is 1. The number of unbranched alkanes of at least 4 members (excludes halogenated alkanes) is 2. The van der Waals surface area contributed by atoms with E-state index in [1.54, 1.807) is 0 Å². The normalized spacial score (nSPS) is 17.1. The van der Waals surface area contributed by atoms with Crippen LogP contribution >= 0.6 is 15.9 Å². The zero-order chi connectivity index (χ0) is 12.1. The van der Waals surface area contributed by atoms with Gasteiger partial charge in [-0.05, 0) is 56.3 Å². The minimum atomic E-state index is 0.239. The largest absolute Gasteiger partial charge is 0.396 e. The first-order valence-electron chi connectivity index (χ1n) is 6.39. The lowest BCUT2D eigenvalue weighted by Crippen LogP contribution is -2.29. The Morgan fingerprint density at radius 2 is 2.06 bits per heavy atom. The van der Waals surface area contributed by atoms with E-state index >= 15 is 0 Å². The minimum absolute atomic E-state index is 0.239. The van der Waals surface area contributed by atoms with Gasteiger partial charge in [-0.15, -0.1) is 0 Å². The second-order valence-electron chi connectivity index (χ2n) is 4.80. The second-order valence-corrected chi connectivity index (χ2v) is 5.72. The predicted octanol–water partition coefficient (Wildman–Crippen LogP) is 3.19. The fraction of sp³-hybridized carbons (Fsp3) is 0.571. The van der Waals surface area contributed by atoms with Gasteiger partial charge in [0.2, 0.25) is 0 Å². The molecule has 1 aromatic rings. The number of rotatable bonds is 7. The minimum Gasteiger partial charge on any atom is -0.396 e. The summed E-state index contributed by atoms with van der Waals surface area (Å²) >= 11 is 3.53. The smallest absolute Gasteiger partial charge is 0.0436 e. The Morgan fingerprint density at radius 1 is 1.24 bits per heavy atom. The van der Waals surface area contributed by atoms with E-state index in [2.05, 4.69) is 45.5 Å². The van der Waals surface area contributed by atoms with Crippen LogP contribution in [0.2, 0.25) is 0 Å². The summed E-state index contributed by atoms with van der Waals surface area (Å²) in [5.41, 5.74) is 1.64. The fourth-order valence-corrected chi connectivity index (χ4v) is 2.62. The Morgan fingerprint density at radius 3 is 2.71 bits per heavy atom. The third kappa shape index (κ3) is 3.54. The third-order valence-corrected chi connectivity index (χ3v) is 3.92. The van der Waals surface area contributed by atoms with Gasteiger partial charge in [0.25, 0.3) is 0 Å². The summed E-state index contributed by atoms with van der Waals surface area (Å²) < 4.78 is 1.16. The molecule has 0 radical (unpaired) electrons. The SMILES string of the molecule is OCCCCCNC1(c2cccc(Br)c2)CC1. The third-order valence-electron chi connectivity index (χ3n) is 3.43. The molecular weight excluding hydrogens is 278 g/mol. The summed E-state index contributed by atoms with van der Waals surface area (Å²) in [4.78, 5) is 0. The van der Waals surface area contributed by atoms with Crippen LogP contribution in [-0.2, 0) is 5.54 Å². The fourth-order valence-electron chi connectivity index (χ4n) is 2.22. The van der Waals surface area contributed by atoms with Crippen LogP contribution in [0.4, 0.5) is 0 Å². The molecule has 2 N–H and O–H groups in total. The molecule has 0 aliphatic heterocycles.